The molecule has 2 N–H and O–H groups in total. The van der Waals surface area contributed by atoms with Gasteiger partial charge in [0, 0.05) is 13.2 Å². The number of hydrogen-bond donors (Lipinski definition) is 2. The number of rotatable bonds is 3. The van der Waals surface area contributed by atoms with E-state index in [0.717, 1.165) is 22.2 Å². The highest BCUT2D eigenvalue weighted by Crippen LogP contribution is 2.29. The fraction of sp³-hybridized carbons (Fsp3) is 0.417. The van der Waals surface area contributed by atoms with Crippen molar-refractivity contribution in [2.45, 2.75) is 26.8 Å². The Kier molecular flexibility index (Phi) is 2.83. The molecule has 0 atom stereocenters. The van der Waals surface area contributed by atoms with Gasteiger partial charge in [-0.2, -0.15) is 5.10 Å². The van der Waals surface area contributed by atoms with Gasteiger partial charge in [-0.3, -0.25) is 4.68 Å². The third-order valence-electron chi connectivity index (χ3n) is 2.68. The first-order chi connectivity index (χ1) is 7.63. The predicted octanol–water partition coefficient (Wildman–Crippen LogP) is 1.74. The topological polar surface area (TPSA) is 58.3 Å². The molecule has 2 aromatic rings. The van der Waals surface area contributed by atoms with Gasteiger partial charge in [0.1, 0.15) is 5.75 Å². The van der Waals surface area contributed by atoms with E-state index in [4.69, 9.17) is 5.11 Å². The molecule has 0 unspecified atom stereocenters. The summed E-state index contributed by atoms with van der Waals surface area (Å²) >= 11 is 0. The summed E-state index contributed by atoms with van der Waals surface area (Å²) in [7, 11) is 0. The van der Waals surface area contributed by atoms with Crippen LogP contribution in [0.15, 0.2) is 12.1 Å². The molecular formula is C12H16N2O2. The van der Waals surface area contributed by atoms with Crippen molar-refractivity contribution in [2.75, 3.05) is 6.61 Å². The van der Waals surface area contributed by atoms with Gasteiger partial charge < -0.3 is 10.2 Å². The second-order valence-electron chi connectivity index (χ2n) is 4.06. The SMILES string of the molecule is Cc1cc(O)c2c(C)nn(CCCO)c2c1. The fourth-order valence-electron chi connectivity index (χ4n) is 2.00. The van der Waals surface area contributed by atoms with Gasteiger partial charge in [0.05, 0.1) is 16.6 Å². The van der Waals surface area contributed by atoms with Crippen molar-refractivity contribution in [1.82, 2.24) is 9.78 Å². The largest absolute Gasteiger partial charge is 0.507 e. The molecule has 0 spiro atoms. The van der Waals surface area contributed by atoms with Crippen LogP contribution in [0.5, 0.6) is 5.75 Å². The Bertz CT molecular complexity index is 517. The number of aryl methyl sites for hydroxylation is 3. The summed E-state index contributed by atoms with van der Waals surface area (Å²) in [4.78, 5) is 0. The Morgan fingerprint density at radius 1 is 1.31 bits per heavy atom. The smallest absolute Gasteiger partial charge is 0.127 e. The molecule has 0 aliphatic rings. The van der Waals surface area contributed by atoms with Crippen LogP contribution in [0.3, 0.4) is 0 Å². The molecule has 4 heteroatoms. The van der Waals surface area contributed by atoms with E-state index in [1.807, 2.05) is 24.6 Å². The molecule has 0 fully saturated rings. The van der Waals surface area contributed by atoms with E-state index >= 15 is 0 Å². The molecule has 0 aliphatic heterocycles. The summed E-state index contributed by atoms with van der Waals surface area (Å²) in [5.41, 5.74) is 2.77. The second-order valence-corrected chi connectivity index (χ2v) is 4.06. The molecule has 0 radical (unpaired) electrons. The van der Waals surface area contributed by atoms with Crippen molar-refractivity contribution >= 4 is 10.9 Å². The van der Waals surface area contributed by atoms with Crippen molar-refractivity contribution in [3.8, 4) is 5.75 Å². The zero-order valence-corrected chi connectivity index (χ0v) is 9.56. The number of aliphatic hydroxyl groups excluding tert-OH is 1. The number of hydrogen-bond acceptors (Lipinski definition) is 3. The first-order valence-electron chi connectivity index (χ1n) is 5.41. The third-order valence-corrected chi connectivity index (χ3v) is 2.68. The standard InChI is InChI=1S/C12H16N2O2/c1-8-6-10-12(11(16)7-8)9(2)13-14(10)4-3-5-15/h6-7,15-16H,3-5H2,1-2H3. The van der Waals surface area contributed by atoms with Gasteiger partial charge in [-0.05, 0) is 38.0 Å². The van der Waals surface area contributed by atoms with Crippen LogP contribution in [-0.4, -0.2) is 26.6 Å². The molecule has 0 saturated heterocycles. The second kappa shape index (κ2) is 4.14. The highest BCUT2D eigenvalue weighted by molar-refractivity contribution is 5.88. The first-order valence-corrected chi connectivity index (χ1v) is 5.41. The minimum atomic E-state index is 0.151. The van der Waals surface area contributed by atoms with E-state index in [1.54, 1.807) is 6.07 Å². The highest BCUT2D eigenvalue weighted by atomic mass is 16.3. The lowest BCUT2D eigenvalue weighted by Gasteiger charge is -2.03. The van der Waals surface area contributed by atoms with Gasteiger partial charge >= 0.3 is 0 Å². The van der Waals surface area contributed by atoms with Gasteiger partial charge in [-0.25, -0.2) is 0 Å². The Hall–Kier alpha value is -1.55. The number of fused-ring (bicyclic) bond motifs is 1. The molecule has 0 aliphatic carbocycles. The van der Waals surface area contributed by atoms with Crippen LogP contribution in [0.1, 0.15) is 17.7 Å². The minimum absolute atomic E-state index is 0.151. The molecule has 1 heterocycles. The molecule has 2 rings (SSSR count). The quantitative estimate of drug-likeness (QED) is 0.828. The fourth-order valence-corrected chi connectivity index (χ4v) is 2.00. The number of aliphatic hydroxyl groups is 1. The maximum atomic E-state index is 9.87. The average molecular weight is 220 g/mol. The Morgan fingerprint density at radius 2 is 2.06 bits per heavy atom. The van der Waals surface area contributed by atoms with Gasteiger partial charge in [0.2, 0.25) is 0 Å². The molecule has 1 aromatic heterocycles. The number of phenols is 1. The summed E-state index contributed by atoms with van der Waals surface area (Å²) in [6.45, 7) is 4.65. The summed E-state index contributed by atoms with van der Waals surface area (Å²) < 4.78 is 1.84. The number of phenolic OH excluding ortho intramolecular Hbond substituents is 1. The summed E-state index contributed by atoms with van der Waals surface area (Å²) in [6, 6.07) is 3.75. The lowest BCUT2D eigenvalue weighted by Crippen LogP contribution is -2.02. The lowest BCUT2D eigenvalue weighted by molar-refractivity contribution is 0.278. The van der Waals surface area contributed by atoms with Crippen LogP contribution in [0, 0.1) is 13.8 Å². The van der Waals surface area contributed by atoms with Crippen LogP contribution in [0.4, 0.5) is 0 Å². The maximum Gasteiger partial charge on any atom is 0.127 e. The van der Waals surface area contributed by atoms with Crippen LogP contribution >= 0.6 is 0 Å². The van der Waals surface area contributed by atoms with E-state index < -0.39 is 0 Å². The third kappa shape index (κ3) is 1.76. The number of nitrogens with zero attached hydrogens (tertiary/aromatic N) is 2. The zero-order valence-electron chi connectivity index (χ0n) is 9.56. The normalized spacial score (nSPS) is 11.2. The average Bonchev–Trinajstić information content (AvgIpc) is 2.52. The van der Waals surface area contributed by atoms with E-state index in [0.29, 0.717) is 13.0 Å². The predicted molar refractivity (Wildman–Crippen MR) is 62.6 cm³/mol. The van der Waals surface area contributed by atoms with Gasteiger partial charge in [-0.15, -0.1) is 0 Å². The van der Waals surface area contributed by atoms with Crippen molar-refractivity contribution in [2.24, 2.45) is 0 Å². The van der Waals surface area contributed by atoms with Crippen molar-refractivity contribution in [1.29, 1.82) is 0 Å². The number of aromatic hydroxyl groups is 1. The van der Waals surface area contributed by atoms with Crippen molar-refractivity contribution < 1.29 is 10.2 Å². The molecule has 0 saturated carbocycles. The van der Waals surface area contributed by atoms with Crippen molar-refractivity contribution in [3.63, 3.8) is 0 Å². The van der Waals surface area contributed by atoms with Gasteiger partial charge in [0.25, 0.3) is 0 Å². The maximum absolute atomic E-state index is 9.87. The van der Waals surface area contributed by atoms with E-state index in [1.165, 1.54) is 0 Å². The Morgan fingerprint density at radius 3 is 2.75 bits per heavy atom. The van der Waals surface area contributed by atoms with E-state index in [9.17, 15) is 5.11 Å². The molecule has 0 bridgehead atoms. The molecule has 4 nitrogen and oxygen atoms in total. The molecule has 16 heavy (non-hydrogen) atoms. The van der Waals surface area contributed by atoms with Gasteiger partial charge in [-0.1, -0.05) is 0 Å². The van der Waals surface area contributed by atoms with Gasteiger partial charge in [0.15, 0.2) is 0 Å². The Labute approximate surface area is 94.1 Å². The summed E-state index contributed by atoms with van der Waals surface area (Å²) in [6.07, 6.45) is 0.672. The number of aromatic nitrogens is 2. The van der Waals surface area contributed by atoms with Crippen LogP contribution in [-0.2, 0) is 6.54 Å². The first kappa shape index (κ1) is 11.0. The minimum Gasteiger partial charge on any atom is -0.507 e. The van der Waals surface area contributed by atoms with Crippen LogP contribution in [0.2, 0.25) is 0 Å². The van der Waals surface area contributed by atoms with Crippen LogP contribution in [0.25, 0.3) is 10.9 Å². The molecule has 1 aromatic carbocycles. The molecular weight excluding hydrogens is 204 g/mol. The monoisotopic (exact) mass is 220 g/mol. The van der Waals surface area contributed by atoms with Crippen LogP contribution < -0.4 is 0 Å². The molecule has 86 valence electrons. The number of benzene rings is 1. The van der Waals surface area contributed by atoms with E-state index in [-0.39, 0.29) is 12.4 Å². The molecule has 0 amide bonds. The summed E-state index contributed by atoms with van der Waals surface area (Å²) in [5.74, 6) is 0.280. The summed E-state index contributed by atoms with van der Waals surface area (Å²) in [5, 5.41) is 23.9. The highest BCUT2D eigenvalue weighted by Gasteiger charge is 2.11. The van der Waals surface area contributed by atoms with E-state index in [2.05, 4.69) is 5.10 Å². The Balaban J connectivity index is 2.59. The zero-order chi connectivity index (χ0) is 11.7. The van der Waals surface area contributed by atoms with Crippen molar-refractivity contribution in [3.05, 3.63) is 23.4 Å². The lowest BCUT2D eigenvalue weighted by atomic mass is 10.1.